The molecule has 1 N–H and O–H groups in total. The first-order chi connectivity index (χ1) is 15.6. The van der Waals surface area contributed by atoms with Crippen molar-refractivity contribution in [3.8, 4) is 17.0 Å². The second-order valence-electron chi connectivity index (χ2n) is 9.07. The van der Waals surface area contributed by atoms with Crippen LogP contribution in [-0.4, -0.2) is 25.4 Å². The van der Waals surface area contributed by atoms with Crippen LogP contribution in [0.4, 0.5) is 0 Å². The molecule has 1 aliphatic heterocycles. The smallest absolute Gasteiger partial charge is 0.331 e. The molecule has 1 atom stereocenters. The van der Waals surface area contributed by atoms with Crippen molar-refractivity contribution in [3.63, 3.8) is 0 Å². The minimum Gasteiger partial charge on any atom is -0.508 e. The molecule has 1 aliphatic rings. The average Bonchev–Trinajstić information content (AvgIpc) is 3.16. The van der Waals surface area contributed by atoms with Crippen molar-refractivity contribution in [2.75, 3.05) is 6.61 Å². The number of fused-ring (bicyclic) bond motifs is 3. The molecule has 8 heteroatoms. The summed E-state index contributed by atoms with van der Waals surface area (Å²) in [5.41, 5.74) is 1.83. The van der Waals surface area contributed by atoms with Gasteiger partial charge in [0.2, 0.25) is 0 Å². The Morgan fingerprint density at radius 1 is 1.06 bits per heavy atom. The lowest BCUT2D eigenvalue weighted by Crippen LogP contribution is -2.40. The summed E-state index contributed by atoms with van der Waals surface area (Å²) in [4.78, 5) is 26.5. The summed E-state index contributed by atoms with van der Waals surface area (Å²) in [6, 6.07) is 14.4. The molecule has 0 saturated carbocycles. The van der Waals surface area contributed by atoms with E-state index in [9.17, 15) is 14.7 Å². The maximum Gasteiger partial charge on any atom is 0.331 e. The monoisotopic (exact) mass is 465 g/mol. The molecular weight excluding hydrogens is 442 g/mol. The van der Waals surface area contributed by atoms with Gasteiger partial charge in [0.15, 0.2) is 0 Å². The highest BCUT2D eigenvalue weighted by atomic mass is 35.5. The van der Waals surface area contributed by atoms with Crippen LogP contribution in [0.5, 0.6) is 5.75 Å². The largest absolute Gasteiger partial charge is 0.508 e. The molecule has 4 aromatic rings. The first kappa shape index (κ1) is 21.6. The summed E-state index contributed by atoms with van der Waals surface area (Å²) < 4.78 is 11.0. The van der Waals surface area contributed by atoms with E-state index in [0.29, 0.717) is 33.8 Å². The van der Waals surface area contributed by atoms with Crippen molar-refractivity contribution in [2.24, 2.45) is 14.1 Å². The summed E-state index contributed by atoms with van der Waals surface area (Å²) in [5, 5.41) is 11.6. The van der Waals surface area contributed by atoms with Crippen molar-refractivity contribution in [1.29, 1.82) is 0 Å². The first-order valence-corrected chi connectivity index (χ1v) is 11.0. The van der Waals surface area contributed by atoms with Gasteiger partial charge in [-0.1, -0.05) is 41.9 Å². The number of rotatable bonds is 2. The zero-order valence-electron chi connectivity index (χ0n) is 18.8. The van der Waals surface area contributed by atoms with E-state index in [1.54, 1.807) is 19.2 Å². The number of phenols is 1. The summed E-state index contributed by atoms with van der Waals surface area (Å²) in [5.74, 6) is 0.0279. The number of ether oxygens (including phenoxy) is 1. The molecule has 0 aliphatic carbocycles. The van der Waals surface area contributed by atoms with Gasteiger partial charge in [0.1, 0.15) is 11.9 Å². The van der Waals surface area contributed by atoms with Crippen molar-refractivity contribution < 1.29 is 9.84 Å². The number of hydrogen-bond acceptors (Lipinski definition) is 4. The van der Waals surface area contributed by atoms with E-state index in [2.05, 4.69) is 4.57 Å². The van der Waals surface area contributed by atoms with E-state index in [0.717, 1.165) is 15.8 Å². The summed E-state index contributed by atoms with van der Waals surface area (Å²) in [7, 11) is 3.13. The lowest BCUT2D eigenvalue weighted by Gasteiger charge is -2.39. The second-order valence-corrected chi connectivity index (χ2v) is 9.51. The average molecular weight is 466 g/mol. The van der Waals surface area contributed by atoms with Gasteiger partial charge in [-0.15, -0.1) is 0 Å². The topological polar surface area (TPSA) is 78.4 Å². The number of benzene rings is 2. The fraction of sp³-hybridized carbons (Fsp3) is 0.280. The van der Waals surface area contributed by atoms with Crippen LogP contribution in [0.1, 0.15) is 31.2 Å². The van der Waals surface area contributed by atoms with E-state index >= 15 is 0 Å². The summed E-state index contributed by atoms with van der Waals surface area (Å²) in [6.07, 6.45) is -0.727. The molecule has 170 valence electrons. The van der Waals surface area contributed by atoms with Gasteiger partial charge in [-0.2, -0.15) is 0 Å². The van der Waals surface area contributed by atoms with E-state index in [1.165, 1.54) is 17.7 Å². The normalized spacial score (nSPS) is 17.3. The quantitative estimate of drug-likeness (QED) is 0.486. The molecule has 5 rings (SSSR count). The van der Waals surface area contributed by atoms with Gasteiger partial charge >= 0.3 is 5.69 Å². The summed E-state index contributed by atoms with van der Waals surface area (Å²) >= 11 is 6.26. The SMILES string of the molecule is Cn1c(=O)c2c(-c3ccccc3)n3c(c2n(C)c1=O)[C@@H](c1cc(Cl)ccc1O)OCC3(C)C. The van der Waals surface area contributed by atoms with Crippen molar-refractivity contribution in [2.45, 2.75) is 25.5 Å². The highest BCUT2D eigenvalue weighted by Crippen LogP contribution is 2.47. The lowest BCUT2D eigenvalue weighted by atomic mass is 9.97. The number of hydrogen-bond donors (Lipinski definition) is 1. The maximum absolute atomic E-state index is 13.5. The minimum absolute atomic E-state index is 0.0279. The molecule has 3 heterocycles. The third kappa shape index (κ3) is 3.07. The van der Waals surface area contributed by atoms with E-state index in [1.807, 2.05) is 44.2 Å². The number of phenolic OH excluding ortho intramolecular Hbond substituents is 1. The van der Waals surface area contributed by atoms with Crippen LogP contribution >= 0.6 is 11.6 Å². The van der Waals surface area contributed by atoms with Crippen LogP contribution in [0.15, 0.2) is 58.1 Å². The van der Waals surface area contributed by atoms with Gasteiger partial charge in [0.25, 0.3) is 5.56 Å². The van der Waals surface area contributed by atoms with Crippen molar-refractivity contribution in [3.05, 3.63) is 85.6 Å². The Hall–Kier alpha value is -3.29. The van der Waals surface area contributed by atoms with Crippen LogP contribution in [0.2, 0.25) is 5.02 Å². The molecule has 2 aromatic carbocycles. The van der Waals surface area contributed by atoms with Crippen LogP contribution in [0.3, 0.4) is 0 Å². The van der Waals surface area contributed by atoms with Gasteiger partial charge in [-0.05, 0) is 37.6 Å². The number of aromatic nitrogens is 3. The van der Waals surface area contributed by atoms with Gasteiger partial charge in [0.05, 0.1) is 34.4 Å². The van der Waals surface area contributed by atoms with Gasteiger partial charge in [-0.3, -0.25) is 13.9 Å². The highest BCUT2D eigenvalue weighted by molar-refractivity contribution is 6.30. The molecule has 0 saturated heterocycles. The third-order valence-corrected chi connectivity index (χ3v) is 6.62. The van der Waals surface area contributed by atoms with Gasteiger partial charge < -0.3 is 14.4 Å². The number of nitrogens with zero attached hydrogens (tertiary/aromatic N) is 3. The Balaban J connectivity index is 2.03. The van der Waals surface area contributed by atoms with Crippen LogP contribution in [-0.2, 0) is 24.4 Å². The van der Waals surface area contributed by atoms with E-state index in [4.69, 9.17) is 16.3 Å². The molecular formula is C25H24ClN3O4. The Bertz CT molecular complexity index is 1530. The molecule has 0 fully saturated rings. The molecule has 0 unspecified atom stereocenters. The fourth-order valence-corrected chi connectivity index (χ4v) is 5.02. The molecule has 7 nitrogen and oxygen atoms in total. The molecule has 2 aromatic heterocycles. The van der Waals surface area contributed by atoms with Crippen molar-refractivity contribution in [1.82, 2.24) is 13.7 Å². The number of halogens is 1. The van der Waals surface area contributed by atoms with Gasteiger partial charge in [0, 0.05) is 24.7 Å². The Morgan fingerprint density at radius 3 is 2.45 bits per heavy atom. The molecule has 33 heavy (non-hydrogen) atoms. The Morgan fingerprint density at radius 2 is 1.76 bits per heavy atom. The molecule has 0 spiro atoms. The van der Waals surface area contributed by atoms with E-state index in [-0.39, 0.29) is 11.3 Å². The predicted octanol–water partition coefficient (Wildman–Crippen LogP) is 3.92. The zero-order valence-corrected chi connectivity index (χ0v) is 19.6. The lowest BCUT2D eigenvalue weighted by molar-refractivity contribution is -0.00798. The Labute approximate surface area is 195 Å². The maximum atomic E-state index is 13.5. The third-order valence-electron chi connectivity index (χ3n) is 6.38. The highest BCUT2D eigenvalue weighted by Gasteiger charge is 2.41. The molecule has 0 amide bonds. The first-order valence-electron chi connectivity index (χ1n) is 10.6. The fourth-order valence-electron chi connectivity index (χ4n) is 4.84. The predicted molar refractivity (Wildman–Crippen MR) is 128 cm³/mol. The van der Waals surface area contributed by atoms with Gasteiger partial charge in [-0.25, -0.2) is 4.79 Å². The molecule has 0 bridgehead atoms. The van der Waals surface area contributed by atoms with E-state index < -0.39 is 17.3 Å². The van der Waals surface area contributed by atoms with Crippen LogP contribution in [0, 0.1) is 0 Å². The van der Waals surface area contributed by atoms with Crippen LogP contribution in [0.25, 0.3) is 22.2 Å². The molecule has 0 radical (unpaired) electrons. The minimum atomic E-state index is -0.727. The second kappa shape index (κ2) is 7.37. The number of aromatic hydroxyl groups is 1. The standard InChI is InChI=1S/C25H24ClN3O4/c1-25(2)13-33-22(16-12-15(26)10-11-17(16)30)21-20-18(23(31)28(4)24(32)27(20)3)19(29(21)25)14-8-6-5-7-9-14/h5-12,22,30H,13H2,1-4H3/t22-/m1/s1. The number of aryl methyl sites for hydroxylation is 1. The van der Waals surface area contributed by atoms with Crippen LogP contribution < -0.4 is 11.2 Å². The van der Waals surface area contributed by atoms with Crippen molar-refractivity contribution >= 4 is 22.5 Å². The zero-order chi connectivity index (χ0) is 23.7. The Kier molecular flexibility index (Phi) is 4.81. The summed E-state index contributed by atoms with van der Waals surface area (Å²) in [6.45, 7) is 4.38.